The quantitative estimate of drug-likeness (QED) is 0.463. The molecule has 3 rings (SSSR count). The maximum Gasteiger partial charge on any atom is 0.251 e. The minimum atomic E-state index is -3.42. The minimum absolute atomic E-state index is 0.207. The fraction of sp³-hybridized carbons (Fsp3) is 0.318. The van der Waals surface area contributed by atoms with Crippen LogP contribution in [0.5, 0.6) is 11.5 Å². The summed E-state index contributed by atoms with van der Waals surface area (Å²) in [6.45, 7) is 5.74. The average Bonchev–Trinajstić information content (AvgIpc) is 3.32. The van der Waals surface area contributed by atoms with Gasteiger partial charge in [-0.3, -0.25) is 4.79 Å². The lowest BCUT2D eigenvalue weighted by Gasteiger charge is -2.15. The lowest BCUT2D eigenvalue weighted by atomic mass is 10.2. The zero-order valence-electron chi connectivity index (χ0n) is 16.7. The van der Waals surface area contributed by atoms with Crippen molar-refractivity contribution in [3.05, 3.63) is 66.7 Å². The third-order valence-corrected chi connectivity index (χ3v) is 6.58. The van der Waals surface area contributed by atoms with E-state index in [1.807, 2.05) is 0 Å². The Hall–Kier alpha value is -2.84. The van der Waals surface area contributed by atoms with Crippen molar-refractivity contribution in [3.8, 4) is 11.5 Å². The van der Waals surface area contributed by atoms with E-state index in [1.165, 1.54) is 4.31 Å². The number of hydrogen-bond donors (Lipinski definition) is 1. The molecule has 2 aromatic carbocycles. The summed E-state index contributed by atoms with van der Waals surface area (Å²) >= 11 is 0. The van der Waals surface area contributed by atoms with Gasteiger partial charge >= 0.3 is 0 Å². The molecule has 30 heavy (non-hydrogen) atoms. The Bertz CT molecular complexity index is 950. The second kappa shape index (κ2) is 10.3. The smallest absolute Gasteiger partial charge is 0.251 e. The van der Waals surface area contributed by atoms with Gasteiger partial charge in [0.15, 0.2) is 0 Å². The molecule has 7 nitrogen and oxygen atoms in total. The number of nitrogens with zero attached hydrogens (tertiary/aromatic N) is 1. The van der Waals surface area contributed by atoms with Gasteiger partial charge in [-0.05, 0) is 61.4 Å². The number of benzene rings is 2. The van der Waals surface area contributed by atoms with Crippen molar-refractivity contribution in [2.24, 2.45) is 0 Å². The molecule has 0 atom stereocenters. The molecule has 0 saturated carbocycles. The molecule has 0 radical (unpaired) electrons. The summed E-state index contributed by atoms with van der Waals surface area (Å²) in [6, 6.07) is 13.2. The topological polar surface area (TPSA) is 84.9 Å². The summed E-state index contributed by atoms with van der Waals surface area (Å²) in [6.07, 6.45) is 3.46. The molecule has 1 aliphatic heterocycles. The number of sulfonamides is 1. The number of amides is 1. The van der Waals surface area contributed by atoms with Crippen molar-refractivity contribution in [2.45, 2.75) is 17.7 Å². The van der Waals surface area contributed by atoms with Gasteiger partial charge < -0.3 is 14.8 Å². The third-order valence-electron chi connectivity index (χ3n) is 4.67. The second-order valence-corrected chi connectivity index (χ2v) is 8.75. The van der Waals surface area contributed by atoms with Gasteiger partial charge in [-0.25, -0.2) is 8.42 Å². The fourth-order valence-electron chi connectivity index (χ4n) is 3.08. The average molecular weight is 431 g/mol. The molecule has 1 aliphatic rings. The highest BCUT2D eigenvalue weighted by atomic mass is 32.2. The highest BCUT2D eigenvalue weighted by Gasteiger charge is 2.26. The van der Waals surface area contributed by atoms with Crippen LogP contribution in [0.15, 0.2) is 66.1 Å². The molecule has 1 saturated heterocycles. The van der Waals surface area contributed by atoms with Crippen LogP contribution in [0.1, 0.15) is 23.2 Å². The summed E-state index contributed by atoms with van der Waals surface area (Å²) in [5.41, 5.74) is 0.525. The Morgan fingerprint density at radius 2 is 1.60 bits per heavy atom. The van der Waals surface area contributed by atoms with E-state index in [-0.39, 0.29) is 17.4 Å². The van der Waals surface area contributed by atoms with E-state index in [0.717, 1.165) is 12.8 Å². The summed E-state index contributed by atoms with van der Waals surface area (Å²) in [4.78, 5) is 12.4. The number of carbonyl (C=O) groups excluding carboxylic acids is 1. The number of rotatable bonds is 10. The van der Waals surface area contributed by atoms with Crippen molar-refractivity contribution in [1.29, 1.82) is 0 Å². The van der Waals surface area contributed by atoms with Gasteiger partial charge in [0, 0.05) is 18.7 Å². The summed E-state index contributed by atoms with van der Waals surface area (Å²) in [5.74, 6) is 1.01. The first-order valence-corrected chi connectivity index (χ1v) is 11.3. The molecule has 160 valence electrons. The molecular weight excluding hydrogens is 404 g/mol. The monoisotopic (exact) mass is 430 g/mol. The first kappa shape index (κ1) is 21.9. The van der Waals surface area contributed by atoms with Crippen LogP contribution in [0.25, 0.3) is 0 Å². The Morgan fingerprint density at radius 3 is 2.23 bits per heavy atom. The van der Waals surface area contributed by atoms with Gasteiger partial charge in [-0.1, -0.05) is 12.7 Å². The largest absolute Gasteiger partial charge is 0.492 e. The lowest BCUT2D eigenvalue weighted by Crippen LogP contribution is -2.28. The first-order valence-electron chi connectivity index (χ1n) is 9.85. The molecule has 1 N–H and O–H groups in total. The predicted octanol–water partition coefficient (Wildman–Crippen LogP) is 2.84. The van der Waals surface area contributed by atoms with Gasteiger partial charge in [0.1, 0.15) is 24.7 Å². The van der Waals surface area contributed by atoms with E-state index in [9.17, 15) is 13.2 Å². The zero-order valence-corrected chi connectivity index (χ0v) is 17.6. The number of nitrogens with one attached hydrogen (secondary N) is 1. The van der Waals surface area contributed by atoms with Crippen molar-refractivity contribution >= 4 is 15.9 Å². The van der Waals surface area contributed by atoms with E-state index < -0.39 is 10.0 Å². The van der Waals surface area contributed by atoms with Crippen molar-refractivity contribution in [1.82, 2.24) is 9.62 Å². The highest BCUT2D eigenvalue weighted by Crippen LogP contribution is 2.22. The summed E-state index contributed by atoms with van der Waals surface area (Å²) in [5, 5.41) is 2.78. The Balaban J connectivity index is 1.44. The van der Waals surface area contributed by atoms with Gasteiger partial charge in [0.2, 0.25) is 10.0 Å². The van der Waals surface area contributed by atoms with Crippen LogP contribution < -0.4 is 14.8 Å². The number of ether oxygens (including phenoxy) is 2. The van der Waals surface area contributed by atoms with Crippen LogP contribution >= 0.6 is 0 Å². The number of carbonyl (C=O) groups is 1. The van der Waals surface area contributed by atoms with Gasteiger partial charge in [0.25, 0.3) is 5.91 Å². The number of hydrogen-bond acceptors (Lipinski definition) is 5. The molecule has 2 aromatic rings. The maximum absolute atomic E-state index is 12.5. The molecule has 0 aliphatic carbocycles. The predicted molar refractivity (Wildman–Crippen MR) is 114 cm³/mol. The van der Waals surface area contributed by atoms with E-state index in [2.05, 4.69) is 11.9 Å². The second-order valence-electron chi connectivity index (χ2n) is 6.81. The maximum atomic E-state index is 12.5. The SMILES string of the molecule is C=CCOc1ccc(C(=O)NCCOc2ccc(S(=O)(=O)N3CCCC3)cc2)cc1. The summed E-state index contributed by atoms with van der Waals surface area (Å²) < 4.78 is 37.5. The van der Waals surface area contributed by atoms with E-state index in [1.54, 1.807) is 54.6 Å². The first-order chi connectivity index (χ1) is 14.5. The van der Waals surface area contributed by atoms with Crippen molar-refractivity contribution in [2.75, 3.05) is 32.8 Å². The third kappa shape index (κ3) is 5.61. The Kier molecular flexibility index (Phi) is 7.48. The normalized spacial score (nSPS) is 14.3. The van der Waals surface area contributed by atoms with Crippen molar-refractivity contribution in [3.63, 3.8) is 0 Å². The van der Waals surface area contributed by atoms with Gasteiger partial charge in [0.05, 0.1) is 11.4 Å². The molecular formula is C22H26N2O5S. The van der Waals surface area contributed by atoms with E-state index >= 15 is 0 Å². The van der Waals surface area contributed by atoms with E-state index in [0.29, 0.717) is 43.3 Å². The van der Waals surface area contributed by atoms with Crippen LogP contribution in [0.3, 0.4) is 0 Å². The molecule has 1 amide bonds. The van der Waals surface area contributed by atoms with Crippen LogP contribution in [-0.4, -0.2) is 51.5 Å². The fourth-order valence-corrected chi connectivity index (χ4v) is 4.60. The van der Waals surface area contributed by atoms with Gasteiger partial charge in [-0.2, -0.15) is 4.31 Å². The van der Waals surface area contributed by atoms with Crippen LogP contribution in [0.4, 0.5) is 0 Å². The Morgan fingerprint density at radius 1 is 1.00 bits per heavy atom. The Labute approximate surface area is 177 Å². The highest BCUT2D eigenvalue weighted by molar-refractivity contribution is 7.89. The van der Waals surface area contributed by atoms with Crippen LogP contribution in [0, 0.1) is 0 Å². The van der Waals surface area contributed by atoms with Crippen molar-refractivity contribution < 1.29 is 22.7 Å². The molecule has 0 bridgehead atoms. The molecule has 1 fully saturated rings. The molecule has 1 heterocycles. The molecule has 0 aromatic heterocycles. The minimum Gasteiger partial charge on any atom is -0.492 e. The van der Waals surface area contributed by atoms with Crippen LogP contribution in [-0.2, 0) is 10.0 Å². The zero-order chi connectivity index (χ0) is 21.4. The molecule has 0 unspecified atom stereocenters. The lowest BCUT2D eigenvalue weighted by molar-refractivity contribution is 0.0947. The van der Waals surface area contributed by atoms with E-state index in [4.69, 9.17) is 9.47 Å². The molecule has 8 heteroatoms. The standard InChI is InChI=1S/C22H26N2O5S/c1-2-16-28-19-7-5-18(6-8-19)22(25)23-13-17-29-20-9-11-21(12-10-20)30(26,27)24-14-3-4-15-24/h2,5-12H,1,3-4,13-17H2,(H,23,25). The van der Waals surface area contributed by atoms with Gasteiger partial charge in [-0.15, -0.1) is 0 Å². The van der Waals surface area contributed by atoms with Crippen LogP contribution in [0.2, 0.25) is 0 Å². The summed E-state index contributed by atoms with van der Waals surface area (Å²) in [7, 11) is -3.42. The molecule has 0 spiro atoms.